The summed E-state index contributed by atoms with van der Waals surface area (Å²) in [5.41, 5.74) is 0.565. The fourth-order valence-corrected chi connectivity index (χ4v) is 0.998. The van der Waals surface area contributed by atoms with Gasteiger partial charge in [0.15, 0.2) is 0 Å². The Morgan fingerprint density at radius 3 is 2.40 bits per heavy atom. The van der Waals surface area contributed by atoms with Gasteiger partial charge in [-0.1, -0.05) is 25.0 Å². The van der Waals surface area contributed by atoms with Gasteiger partial charge >= 0.3 is 6.18 Å². The molecule has 0 bridgehead atoms. The van der Waals surface area contributed by atoms with Crippen LogP contribution in [0.15, 0.2) is 11.6 Å². The van der Waals surface area contributed by atoms with Crippen LogP contribution in [0.2, 0.25) is 0 Å². The zero-order valence-corrected chi connectivity index (χ0v) is 5.70. The first-order chi connectivity index (χ1) is 4.55. The van der Waals surface area contributed by atoms with Crippen molar-refractivity contribution in [2.24, 2.45) is 5.92 Å². The smallest absolute Gasteiger partial charge is 0.170 e. The maximum Gasteiger partial charge on any atom is 0.398 e. The van der Waals surface area contributed by atoms with Gasteiger partial charge in [-0.2, -0.15) is 13.2 Å². The Labute approximate surface area is 57.7 Å². The molecule has 1 rings (SSSR count). The van der Waals surface area contributed by atoms with Crippen molar-refractivity contribution in [2.75, 3.05) is 0 Å². The minimum atomic E-state index is -4.01. The Kier molecular flexibility index (Phi) is 1.75. The molecule has 0 aromatic rings. The van der Waals surface area contributed by atoms with Crippen molar-refractivity contribution in [1.29, 1.82) is 0 Å². The Bertz CT molecular complexity index is 155. The third-order valence-electron chi connectivity index (χ3n) is 1.56. The molecule has 1 aliphatic carbocycles. The van der Waals surface area contributed by atoms with Crippen LogP contribution in [0.1, 0.15) is 19.8 Å². The number of halogens is 3. The zero-order valence-electron chi connectivity index (χ0n) is 5.70. The van der Waals surface area contributed by atoms with Crippen molar-refractivity contribution in [1.82, 2.24) is 0 Å². The van der Waals surface area contributed by atoms with Crippen LogP contribution in [0, 0.1) is 5.92 Å². The average molecular weight is 150 g/mol. The molecule has 0 fully saturated rings. The highest BCUT2D eigenvalue weighted by Crippen LogP contribution is 2.45. The topological polar surface area (TPSA) is 0 Å². The minimum Gasteiger partial charge on any atom is -0.170 e. The summed E-state index contributed by atoms with van der Waals surface area (Å²) >= 11 is 0. The molecule has 0 amide bonds. The first-order valence-electron chi connectivity index (χ1n) is 3.33. The van der Waals surface area contributed by atoms with Crippen molar-refractivity contribution in [3.63, 3.8) is 0 Å². The van der Waals surface area contributed by atoms with E-state index in [1.165, 1.54) is 6.08 Å². The van der Waals surface area contributed by atoms with Gasteiger partial charge in [-0.3, -0.25) is 0 Å². The van der Waals surface area contributed by atoms with E-state index in [2.05, 4.69) is 0 Å². The fraction of sp³-hybridized carbons (Fsp3) is 0.714. The molecule has 0 nitrogen and oxygen atoms in total. The van der Waals surface area contributed by atoms with Crippen LogP contribution in [0.3, 0.4) is 0 Å². The maximum absolute atomic E-state index is 11.8. The first kappa shape index (κ1) is 7.63. The van der Waals surface area contributed by atoms with Crippen molar-refractivity contribution >= 4 is 0 Å². The number of hydrogen-bond acceptors (Lipinski definition) is 0. The van der Waals surface area contributed by atoms with Crippen molar-refractivity contribution in [3.05, 3.63) is 11.6 Å². The lowest BCUT2D eigenvalue weighted by atomic mass is 10.2. The van der Waals surface area contributed by atoms with Crippen molar-refractivity contribution in [3.8, 4) is 0 Å². The third kappa shape index (κ3) is 1.52. The van der Waals surface area contributed by atoms with Crippen LogP contribution in [0.5, 0.6) is 0 Å². The van der Waals surface area contributed by atoms with Crippen LogP contribution in [-0.2, 0) is 0 Å². The summed E-state index contributed by atoms with van der Waals surface area (Å²) in [5, 5.41) is 0. The molecular formula is C7H9F3. The molecule has 0 unspecified atom stereocenters. The van der Waals surface area contributed by atoms with Gasteiger partial charge in [0.05, 0.1) is 5.92 Å². The monoisotopic (exact) mass is 150 g/mol. The summed E-state index contributed by atoms with van der Waals surface area (Å²) in [7, 11) is 0. The number of rotatable bonds is 2. The van der Waals surface area contributed by atoms with Crippen molar-refractivity contribution < 1.29 is 13.2 Å². The molecule has 0 aliphatic heterocycles. The van der Waals surface area contributed by atoms with E-state index in [0.717, 1.165) is 6.42 Å². The van der Waals surface area contributed by atoms with Gasteiger partial charge in [-0.15, -0.1) is 0 Å². The van der Waals surface area contributed by atoms with Gasteiger partial charge in [0.1, 0.15) is 0 Å². The van der Waals surface area contributed by atoms with E-state index in [-0.39, 0.29) is 0 Å². The molecule has 0 heterocycles. The Hall–Kier alpha value is -0.470. The third-order valence-corrected chi connectivity index (χ3v) is 1.56. The lowest BCUT2D eigenvalue weighted by Crippen LogP contribution is -2.12. The number of hydrogen-bond donors (Lipinski definition) is 0. The second-order valence-electron chi connectivity index (χ2n) is 2.51. The van der Waals surface area contributed by atoms with E-state index >= 15 is 0 Å². The Morgan fingerprint density at radius 1 is 1.50 bits per heavy atom. The molecule has 0 aromatic heterocycles. The van der Waals surface area contributed by atoms with E-state index in [1.54, 1.807) is 0 Å². The summed E-state index contributed by atoms with van der Waals surface area (Å²) in [6, 6.07) is 0. The molecule has 1 aliphatic rings. The molecule has 3 heteroatoms. The lowest BCUT2D eigenvalue weighted by Gasteiger charge is -2.04. The molecule has 0 saturated heterocycles. The van der Waals surface area contributed by atoms with E-state index < -0.39 is 12.1 Å². The first-order valence-corrected chi connectivity index (χ1v) is 3.33. The molecule has 0 N–H and O–H groups in total. The highest BCUT2D eigenvalue weighted by Gasteiger charge is 2.47. The van der Waals surface area contributed by atoms with Gasteiger partial charge in [0.25, 0.3) is 0 Å². The molecule has 0 aromatic carbocycles. The van der Waals surface area contributed by atoms with Crippen LogP contribution in [0.4, 0.5) is 13.2 Å². The van der Waals surface area contributed by atoms with E-state index in [1.807, 2.05) is 6.92 Å². The maximum atomic E-state index is 11.8. The second kappa shape index (κ2) is 2.29. The van der Waals surface area contributed by atoms with Crippen LogP contribution in [0.25, 0.3) is 0 Å². The van der Waals surface area contributed by atoms with E-state index in [4.69, 9.17) is 0 Å². The molecule has 1 atom stereocenters. The number of alkyl halides is 3. The summed E-state index contributed by atoms with van der Waals surface area (Å²) in [5.74, 6) is -1.17. The predicted molar refractivity (Wildman–Crippen MR) is 32.5 cm³/mol. The summed E-state index contributed by atoms with van der Waals surface area (Å²) in [6.45, 7) is 1.88. The molecule has 58 valence electrons. The van der Waals surface area contributed by atoms with Gasteiger partial charge in [-0.05, 0) is 6.42 Å². The van der Waals surface area contributed by atoms with Crippen molar-refractivity contribution in [2.45, 2.75) is 25.9 Å². The second-order valence-corrected chi connectivity index (χ2v) is 2.51. The highest BCUT2D eigenvalue weighted by molar-refractivity contribution is 5.31. The summed E-state index contributed by atoms with van der Waals surface area (Å²) in [4.78, 5) is 0. The normalized spacial score (nSPS) is 24.4. The number of allylic oxidation sites excluding steroid dienone is 2. The van der Waals surface area contributed by atoms with Crippen LogP contribution in [-0.4, -0.2) is 6.18 Å². The highest BCUT2D eigenvalue weighted by atomic mass is 19.4. The van der Waals surface area contributed by atoms with Crippen LogP contribution >= 0.6 is 0 Å². The molecule has 10 heavy (non-hydrogen) atoms. The lowest BCUT2D eigenvalue weighted by molar-refractivity contribution is -0.142. The summed E-state index contributed by atoms with van der Waals surface area (Å²) < 4.78 is 35.3. The molecule has 0 saturated carbocycles. The standard InChI is InChI=1S/C7H9F3/c1-2-3-5-4-6(5)7(8,9)10/h4,6H,2-3H2,1H3/t6-/m1/s1. The Morgan fingerprint density at radius 2 is 2.10 bits per heavy atom. The summed E-state index contributed by atoms with van der Waals surface area (Å²) in [6.07, 6.45) is -1.31. The fourth-order valence-electron chi connectivity index (χ4n) is 0.998. The quantitative estimate of drug-likeness (QED) is 0.531. The van der Waals surface area contributed by atoms with Gasteiger partial charge < -0.3 is 0 Å². The van der Waals surface area contributed by atoms with Gasteiger partial charge in [-0.25, -0.2) is 0 Å². The molecular weight excluding hydrogens is 141 g/mol. The molecule has 0 spiro atoms. The minimum absolute atomic E-state index is 0.565. The van der Waals surface area contributed by atoms with E-state index in [0.29, 0.717) is 12.0 Å². The zero-order chi connectivity index (χ0) is 7.78. The largest absolute Gasteiger partial charge is 0.398 e. The average Bonchev–Trinajstić information content (AvgIpc) is 2.44. The Balaban J connectivity index is 2.29. The predicted octanol–water partition coefficient (Wildman–Crippen LogP) is 2.91. The molecule has 0 radical (unpaired) electrons. The van der Waals surface area contributed by atoms with Gasteiger partial charge in [0, 0.05) is 0 Å². The van der Waals surface area contributed by atoms with E-state index in [9.17, 15) is 13.2 Å². The van der Waals surface area contributed by atoms with Crippen LogP contribution < -0.4 is 0 Å². The SMILES string of the molecule is CCCC1=C[C@H]1C(F)(F)F. The van der Waals surface area contributed by atoms with Gasteiger partial charge in [0.2, 0.25) is 0 Å².